The summed E-state index contributed by atoms with van der Waals surface area (Å²) in [5, 5.41) is 10.9. The highest BCUT2D eigenvalue weighted by Gasteiger charge is 2.62. The van der Waals surface area contributed by atoms with Gasteiger partial charge in [0, 0.05) is 5.41 Å². The predicted molar refractivity (Wildman–Crippen MR) is 135 cm³/mol. The van der Waals surface area contributed by atoms with E-state index in [1.807, 2.05) is 23.1 Å². The van der Waals surface area contributed by atoms with Gasteiger partial charge >= 0.3 is 6.09 Å². The lowest BCUT2D eigenvalue weighted by Crippen LogP contribution is -2.72. The summed E-state index contributed by atoms with van der Waals surface area (Å²) in [5.41, 5.74) is 1.41. The molecule has 0 bridgehead atoms. The van der Waals surface area contributed by atoms with Gasteiger partial charge in [-0.3, -0.25) is 4.90 Å². The van der Waals surface area contributed by atoms with Crippen LogP contribution in [0.3, 0.4) is 0 Å². The SMILES string of the molecule is CCC(C)(c1ccccc1)N(C(=O)O)C(C)(C(C)(C)CC)C(C)(CC)c1ccccc1C. The minimum atomic E-state index is -0.865. The fourth-order valence-corrected chi connectivity index (χ4v) is 5.81. The van der Waals surface area contributed by atoms with Gasteiger partial charge < -0.3 is 5.11 Å². The number of carbonyl (C=O) groups is 1. The molecule has 0 aliphatic heterocycles. The van der Waals surface area contributed by atoms with Crippen LogP contribution >= 0.6 is 0 Å². The third kappa shape index (κ3) is 3.84. The van der Waals surface area contributed by atoms with Crippen LogP contribution in [0.4, 0.5) is 4.79 Å². The molecule has 0 aromatic heterocycles. The number of aryl methyl sites for hydroxylation is 1. The number of hydrogen-bond acceptors (Lipinski definition) is 1. The first-order valence-electron chi connectivity index (χ1n) is 12.0. The van der Waals surface area contributed by atoms with E-state index < -0.39 is 22.6 Å². The van der Waals surface area contributed by atoms with Gasteiger partial charge in [0.2, 0.25) is 0 Å². The lowest BCUT2D eigenvalue weighted by atomic mass is 9.52. The predicted octanol–water partition coefficient (Wildman–Crippen LogP) is 8.16. The first-order valence-corrected chi connectivity index (χ1v) is 12.0. The van der Waals surface area contributed by atoms with Gasteiger partial charge in [-0.1, -0.05) is 96.1 Å². The Morgan fingerprint density at radius 1 is 0.812 bits per heavy atom. The van der Waals surface area contributed by atoms with E-state index in [2.05, 4.69) is 98.7 Å². The van der Waals surface area contributed by atoms with Gasteiger partial charge in [-0.25, -0.2) is 4.79 Å². The molecular formula is C29H43NO2. The smallest absolute Gasteiger partial charge is 0.408 e. The Morgan fingerprint density at radius 3 is 1.78 bits per heavy atom. The molecule has 0 aliphatic carbocycles. The van der Waals surface area contributed by atoms with Crippen LogP contribution in [-0.4, -0.2) is 21.6 Å². The van der Waals surface area contributed by atoms with Crippen molar-refractivity contribution in [3.05, 3.63) is 71.3 Å². The minimum Gasteiger partial charge on any atom is -0.465 e. The number of benzene rings is 2. The molecule has 2 aromatic rings. The van der Waals surface area contributed by atoms with Crippen molar-refractivity contribution < 1.29 is 9.90 Å². The third-order valence-electron chi connectivity index (χ3n) is 8.94. The Balaban J connectivity index is 2.99. The number of hydrogen-bond donors (Lipinski definition) is 1. The van der Waals surface area contributed by atoms with E-state index in [1.54, 1.807) is 0 Å². The molecular weight excluding hydrogens is 394 g/mol. The van der Waals surface area contributed by atoms with Crippen molar-refractivity contribution in [3.63, 3.8) is 0 Å². The van der Waals surface area contributed by atoms with Crippen LogP contribution in [0.5, 0.6) is 0 Å². The van der Waals surface area contributed by atoms with Crippen molar-refractivity contribution in [1.29, 1.82) is 0 Å². The Labute approximate surface area is 195 Å². The second kappa shape index (κ2) is 9.29. The molecule has 0 radical (unpaired) electrons. The summed E-state index contributed by atoms with van der Waals surface area (Å²) >= 11 is 0. The van der Waals surface area contributed by atoms with Crippen molar-refractivity contribution in [2.75, 3.05) is 0 Å². The molecule has 3 unspecified atom stereocenters. The monoisotopic (exact) mass is 437 g/mol. The van der Waals surface area contributed by atoms with Gasteiger partial charge in [0.05, 0.1) is 11.1 Å². The van der Waals surface area contributed by atoms with Crippen molar-refractivity contribution in [1.82, 2.24) is 4.90 Å². The van der Waals surface area contributed by atoms with Crippen molar-refractivity contribution in [2.45, 2.75) is 98.1 Å². The third-order valence-corrected chi connectivity index (χ3v) is 8.94. The molecule has 3 atom stereocenters. The molecule has 0 heterocycles. The van der Waals surface area contributed by atoms with E-state index in [4.69, 9.17) is 0 Å². The Hall–Kier alpha value is -2.29. The van der Waals surface area contributed by atoms with Gasteiger partial charge in [0.25, 0.3) is 0 Å². The Morgan fingerprint density at radius 2 is 1.34 bits per heavy atom. The fourth-order valence-electron chi connectivity index (χ4n) is 5.81. The van der Waals surface area contributed by atoms with E-state index >= 15 is 0 Å². The summed E-state index contributed by atoms with van der Waals surface area (Å²) in [6.07, 6.45) is 1.52. The molecule has 0 fully saturated rings. The molecule has 2 rings (SSSR count). The van der Waals surface area contributed by atoms with Gasteiger partial charge in [0.15, 0.2) is 0 Å². The molecule has 32 heavy (non-hydrogen) atoms. The number of rotatable bonds is 9. The summed E-state index contributed by atoms with van der Waals surface area (Å²) in [6.45, 7) is 19.6. The summed E-state index contributed by atoms with van der Waals surface area (Å²) < 4.78 is 0. The van der Waals surface area contributed by atoms with E-state index in [1.165, 1.54) is 11.1 Å². The van der Waals surface area contributed by atoms with Crippen LogP contribution in [0.1, 0.15) is 91.3 Å². The first-order chi connectivity index (χ1) is 14.9. The average Bonchev–Trinajstić information content (AvgIpc) is 2.78. The van der Waals surface area contributed by atoms with Crippen LogP contribution < -0.4 is 0 Å². The van der Waals surface area contributed by atoms with Crippen LogP contribution in [0.15, 0.2) is 54.6 Å². The van der Waals surface area contributed by atoms with E-state index in [0.29, 0.717) is 6.42 Å². The molecule has 3 heteroatoms. The molecule has 1 N–H and O–H groups in total. The molecule has 3 nitrogen and oxygen atoms in total. The zero-order valence-corrected chi connectivity index (χ0v) is 21.6. The van der Waals surface area contributed by atoms with Gasteiger partial charge in [-0.15, -0.1) is 0 Å². The maximum atomic E-state index is 13.3. The standard InChI is InChI=1S/C29H43NO2/c1-10-26(5,6)29(9,27(7,11-2)24-21-17-16-18-22(24)4)30(25(31)32)28(8,12-3)23-19-14-13-15-20-23/h13-21H,10-12H2,1-9H3,(H,31,32). The van der Waals surface area contributed by atoms with Gasteiger partial charge in [0.1, 0.15) is 0 Å². The molecule has 176 valence electrons. The molecule has 1 amide bonds. The molecule has 0 spiro atoms. The summed E-state index contributed by atoms with van der Waals surface area (Å²) in [5.74, 6) is 0. The largest absolute Gasteiger partial charge is 0.465 e. The average molecular weight is 438 g/mol. The van der Waals surface area contributed by atoms with Gasteiger partial charge in [-0.2, -0.15) is 0 Å². The lowest BCUT2D eigenvalue weighted by molar-refractivity contribution is -0.102. The number of nitrogens with zero attached hydrogens (tertiary/aromatic N) is 1. The van der Waals surface area contributed by atoms with Crippen molar-refractivity contribution >= 4 is 6.09 Å². The van der Waals surface area contributed by atoms with E-state index in [9.17, 15) is 9.90 Å². The van der Waals surface area contributed by atoms with Crippen molar-refractivity contribution in [3.8, 4) is 0 Å². The minimum absolute atomic E-state index is 0.288. The Kier molecular flexibility index (Phi) is 7.54. The highest BCUT2D eigenvalue weighted by molar-refractivity contribution is 5.69. The molecule has 0 aliphatic rings. The fraction of sp³-hybridized carbons (Fsp3) is 0.552. The normalized spacial score (nSPS) is 17.7. The van der Waals surface area contributed by atoms with E-state index in [-0.39, 0.29) is 5.41 Å². The topological polar surface area (TPSA) is 40.5 Å². The lowest BCUT2D eigenvalue weighted by Gasteiger charge is -2.64. The van der Waals surface area contributed by atoms with Crippen molar-refractivity contribution in [2.24, 2.45) is 5.41 Å². The number of carboxylic acid groups (broad SMARTS) is 1. The highest BCUT2D eigenvalue weighted by atomic mass is 16.4. The molecule has 2 aromatic carbocycles. The molecule has 0 saturated heterocycles. The first kappa shape index (κ1) is 26.0. The summed E-state index contributed by atoms with van der Waals surface area (Å²) in [7, 11) is 0. The maximum Gasteiger partial charge on any atom is 0.408 e. The van der Waals surface area contributed by atoms with Crippen LogP contribution in [0, 0.1) is 12.3 Å². The quantitative estimate of drug-likeness (QED) is 0.430. The second-order valence-electron chi connectivity index (χ2n) is 10.4. The highest BCUT2D eigenvalue weighted by Crippen LogP contribution is 2.57. The zero-order valence-electron chi connectivity index (χ0n) is 21.6. The second-order valence-corrected chi connectivity index (χ2v) is 10.4. The Bertz CT molecular complexity index is 922. The van der Waals surface area contributed by atoms with Crippen LogP contribution in [-0.2, 0) is 11.0 Å². The van der Waals surface area contributed by atoms with E-state index in [0.717, 1.165) is 18.4 Å². The zero-order chi connectivity index (χ0) is 24.4. The van der Waals surface area contributed by atoms with Gasteiger partial charge in [-0.05, 0) is 62.1 Å². The summed E-state index contributed by atoms with van der Waals surface area (Å²) in [4.78, 5) is 15.1. The number of amides is 1. The van der Waals surface area contributed by atoms with Crippen LogP contribution in [0.2, 0.25) is 0 Å². The summed E-state index contributed by atoms with van der Waals surface area (Å²) in [6, 6.07) is 18.6. The van der Waals surface area contributed by atoms with Crippen LogP contribution in [0.25, 0.3) is 0 Å². The molecule has 0 saturated carbocycles. The maximum absolute atomic E-state index is 13.3.